The Morgan fingerprint density at radius 1 is 1.20 bits per heavy atom. The van der Waals surface area contributed by atoms with Crippen molar-refractivity contribution in [1.82, 2.24) is 9.80 Å². The van der Waals surface area contributed by atoms with E-state index < -0.39 is 17.8 Å². The van der Waals surface area contributed by atoms with Gasteiger partial charge in [0.1, 0.15) is 5.69 Å². The second-order valence-corrected chi connectivity index (χ2v) is 8.87. The molecule has 194 valence electrons. The number of carbonyl (C=O) groups is 1. The van der Waals surface area contributed by atoms with Crippen LogP contribution in [0.5, 0.6) is 0 Å². The molecule has 1 aliphatic heterocycles. The number of amides is 2. The minimum absolute atomic E-state index is 0. The number of urea groups is 1. The summed E-state index contributed by atoms with van der Waals surface area (Å²) in [6, 6.07) is 12.4. The number of halogens is 3. The number of rotatable bonds is 8. The summed E-state index contributed by atoms with van der Waals surface area (Å²) < 4.78 is 39.1. The first-order chi connectivity index (χ1) is 16.2. The molecule has 1 saturated heterocycles. The predicted molar refractivity (Wildman–Crippen MR) is 130 cm³/mol. The molecular weight excluding hydrogens is 461 g/mol. The number of likely N-dealkylation sites (tertiary alicyclic amines) is 1. The summed E-state index contributed by atoms with van der Waals surface area (Å²) in [6.45, 7) is 6.53. The molecule has 0 radical (unpaired) electrons. The van der Waals surface area contributed by atoms with E-state index in [1.54, 1.807) is 4.90 Å². The van der Waals surface area contributed by atoms with Crippen LogP contribution in [0.2, 0.25) is 0 Å². The lowest BCUT2D eigenvalue weighted by molar-refractivity contribution is -0.496. The standard InChI is InChI=1S/C25H33F3N4O2.H2O/c1-3-7-18(2)31-14-12-21(13-15-31)32(17-19-8-5-4-6-9-19)24(33)29-22-11-10-20(25(26,27)28)16-23(22)30-34;/h4-6,8-11,16,18,21H,3,7,12-15,17,30H2,1-2H3,(H,29,33);1H2. The van der Waals surface area contributed by atoms with E-state index >= 15 is 0 Å². The van der Waals surface area contributed by atoms with Gasteiger partial charge in [0, 0.05) is 37.8 Å². The lowest BCUT2D eigenvalue weighted by atomic mass is 10.00. The van der Waals surface area contributed by atoms with Crippen LogP contribution in [0, 0.1) is 5.21 Å². The fraction of sp³-hybridized carbons (Fsp3) is 0.480. The monoisotopic (exact) mass is 496 g/mol. The molecular formula is C25H35F3N4O3. The van der Waals surface area contributed by atoms with E-state index in [1.807, 2.05) is 30.3 Å². The number of alkyl halides is 3. The van der Waals surface area contributed by atoms with Gasteiger partial charge in [-0.2, -0.15) is 13.2 Å². The van der Waals surface area contributed by atoms with Gasteiger partial charge in [-0.1, -0.05) is 43.7 Å². The average Bonchev–Trinajstić information content (AvgIpc) is 2.83. The summed E-state index contributed by atoms with van der Waals surface area (Å²) in [5.74, 6) is 0. The van der Waals surface area contributed by atoms with Crippen LogP contribution in [0.15, 0.2) is 48.5 Å². The number of piperidine rings is 1. The Bertz CT molecular complexity index is 935. The second-order valence-electron chi connectivity index (χ2n) is 8.87. The summed E-state index contributed by atoms with van der Waals surface area (Å²) in [6.07, 6.45) is -0.705. The normalized spacial score (nSPS) is 15.8. The third-order valence-corrected chi connectivity index (χ3v) is 6.47. The molecule has 2 aromatic carbocycles. The van der Waals surface area contributed by atoms with Crippen LogP contribution in [-0.4, -0.2) is 46.5 Å². The Morgan fingerprint density at radius 3 is 2.43 bits per heavy atom. The van der Waals surface area contributed by atoms with Crippen molar-refractivity contribution >= 4 is 17.4 Å². The van der Waals surface area contributed by atoms with Gasteiger partial charge in [0.15, 0.2) is 5.69 Å². The Labute approximate surface area is 204 Å². The zero-order chi connectivity index (χ0) is 24.7. The first-order valence-corrected chi connectivity index (χ1v) is 11.7. The molecule has 10 heteroatoms. The van der Waals surface area contributed by atoms with E-state index in [4.69, 9.17) is 0 Å². The topological polar surface area (TPSA) is 107 Å². The van der Waals surface area contributed by atoms with Crippen molar-refractivity contribution in [1.29, 1.82) is 0 Å². The smallest absolute Gasteiger partial charge is 0.416 e. The first-order valence-electron chi connectivity index (χ1n) is 11.7. The molecule has 5 N–H and O–H groups in total. The number of benzene rings is 2. The van der Waals surface area contributed by atoms with Crippen LogP contribution >= 0.6 is 0 Å². The van der Waals surface area contributed by atoms with E-state index in [9.17, 15) is 23.2 Å². The molecule has 0 aliphatic carbocycles. The molecule has 2 amide bonds. The van der Waals surface area contributed by atoms with Gasteiger partial charge in [-0.15, -0.1) is 0 Å². The Balaban J connectivity index is 0.00000432. The molecule has 1 fully saturated rings. The van der Waals surface area contributed by atoms with E-state index in [0.29, 0.717) is 18.1 Å². The predicted octanol–water partition coefficient (Wildman–Crippen LogP) is 4.26. The molecule has 0 spiro atoms. The van der Waals surface area contributed by atoms with Gasteiger partial charge >= 0.3 is 12.2 Å². The van der Waals surface area contributed by atoms with Crippen molar-refractivity contribution in [2.75, 3.05) is 18.4 Å². The summed E-state index contributed by atoms with van der Waals surface area (Å²) >= 11 is 0. The fourth-order valence-corrected chi connectivity index (χ4v) is 4.52. The molecule has 0 aromatic heterocycles. The summed E-state index contributed by atoms with van der Waals surface area (Å²) in [5, 5.41) is 14.2. The minimum Gasteiger partial charge on any atom is -0.630 e. The van der Waals surface area contributed by atoms with Crippen LogP contribution in [0.4, 0.5) is 29.3 Å². The van der Waals surface area contributed by atoms with Crippen molar-refractivity contribution in [2.45, 2.75) is 64.3 Å². The number of hydrogen-bond donors (Lipinski definition) is 2. The molecule has 0 saturated carbocycles. The van der Waals surface area contributed by atoms with Gasteiger partial charge in [0.25, 0.3) is 0 Å². The highest BCUT2D eigenvalue weighted by atomic mass is 19.4. The van der Waals surface area contributed by atoms with Crippen molar-refractivity contribution in [3.63, 3.8) is 0 Å². The number of anilines is 1. The molecule has 1 unspecified atom stereocenters. The van der Waals surface area contributed by atoms with Gasteiger partial charge in [-0.3, -0.25) is 0 Å². The van der Waals surface area contributed by atoms with Crippen LogP contribution in [-0.2, 0) is 12.7 Å². The van der Waals surface area contributed by atoms with E-state index in [-0.39, 0.29) is 22.9 Å². The highest BCUT2D eigenvalue weighted by molar-refractivity contribution is 5.92. The minimum atomic E-state index is -4.57. The lowest BCUT2D eigenvalue weighted by Gasteiger charge is -2.40. The van der Waals surface area contributed by atoms with E-state index in [1.165, 1.54) is 0 Å². The largest absolute Gasteiger partial charge is 0.630 e. The van der Waals surface area contributed by atoms with Gasteiger partial charge in [0.05, 0.1) is 5.56 Å². The van der Waals surface area contributed by atoms with Crippen LogP contribution in [0.1, 0.15) is 50.7 Å². The van der Waals surface area contributed by atoms with Gasteiger partial charge < -0.3 is 31.3 Å². The van der Waals surface area contributed by atoms with Crippen molar-refractivity contribution < 1.29 is 28.9 Å². The Kier molecular flexibility index (Phi) is 10.5. The summed E-state index contributed by atoms with van der Waals surface area (Å²) in [7, 11) is 0. The van der Waals surface area contributed by atoms with Crippen molar-refractivity contribution in [2.24, 2.45) is 0 Å². The molecule has 2 aromatic rings. The lowest BCUT2D eigenvalue weighted by Crippen LogP contribution is -2.70. The summed E-state index contributed by atoms with van der Waals surface area (Å²) in [5.41, 5.74) is 0.232. The first kappa shape index (κ1) is 28.6. The summed E-state index contributed by atoms with van der Waals surface area (Å²) in [4.78, 5) is 17.5. The zero-order valence-electron chi connectivity index (χ0n) is 20.1. The molecule has 1 atom stereocenters. The number of nitrogens with one attached hydrogen (secondary N) is 1. The van der Waals surface area contributed by atoms with Gasteiger partial charge in [0.2, 0.25) is 0 Å². The van der Waals surface area contributed by atoms with Crippen molar-refractivity contribution in [3.8, 4) is 0 Å². The third kappa shape index (κ3) is 7.66. The zero-order valence-corrected chi connectivity index (χ0v) is 20.1. The van der Waals surface area contributed by atoms with Crippen molar-refractivity contribution in [3.05, 3.63) is 64.9 Å². The second kappa shape index (κ2) is 12.9. The van der Waals surface area contributed by atoms with Crippen LogP contribution in [0.3, 0.4) is 0 Å². The molecule has 1 aliphatic rings. The molecule has 35 heavy (non-hydrogen) atoms. The van der Waals surface area contributed by atoms with Crippen LogP contribution < -0.4 is 10.8 Å². The van der Waals surface area contributed by atoms with E-state index in [2.05, 4.69) is 24.1 Å². The quantitative estimate of drug-likeness (QED) is 0.421. The third-order valence-electron chi connectivity index (χ3n) is 6.47. The number of quaternary nitrogens is 1. The fourth-order valence-electron chi connectivity index (χ4n) is 4.52. The SMILES string of the molecule is CCCC(C)N1CCC(N(Cc2ccccc2)C(=O)Nc2ccc(C(F)(F)F)cc2[NH2+][O-])CC1.O. The number of nitrogens with two attached hydrogens (primary N) is 1. The molecule has 7 nitrogen and oxygen atoms in total. The number of nitrogens with zero attached hydrogens (tertiary/aromatic N) is 2. The Hall–Kier alpha value is -2.66. The van der Waals surface area contributed by atoms with Gasteiger partial charge in [-0.25, -0.2) is 4.79 Å². The number of hydrogen-bond acceptors (Lipinski definition) is 3. The molecule has 0 bridgehead atoms. The maximum Gasteiger partial charge on any atom is 0.416 e. The highest BCUT2D eigenvalue weighted by Crippen LogP contribution is 2.33. The molecule has 3 rings (SSSR count). The maximum atomic E-state index is 13.3. The van der Waals surface area contributed by atoms with E-state index in [0.717, 1.165) is 62.5 Å². The average molecular weight is 497 g/mol. The van der Waals surface area contributed by atoms with Crippen LogP contribution in [0.25, 0.3) is 0 Å². The highest BCUT2D eigenvalue weighted by Gasteiger charge is 2.33. The number of carbonyl (C=O) groups excluding carboxylic acids is 1. The Morgan fingerprint density at radius 2 is 1.86 bits per heavy atom. The van der Waals surface area contributed by atoms with Gasteiger partial charge in [-0.05, 0) is 43.9 Å². The maximum absolute atomic E-state index is 13.3. The molecule has 1 heterocycles.